The lowest BCUT2D eigenvalue weighted by Gasteiger charge is -2.18. The predicted octanol–water partition coefficient (Wildman–Crippen LogP) is 1.40. The van der Waals surface area contributed by atoms with Crippen LogP contribution in [-0.2, 0) is 6.54 Å². The van der Waals surface area contributed by atoms with E-state index in [1.807, 2.05) is 12.1 Å². The first kappa shape index (κ1) is 11.5. The number of nitrogen functional groups attached to an aromatic ring is 1. The number of hydrogen-bond donors (Lipinski definition) is 1. The summed E-state index contributed by atoms with van der Waals surface area (Å²) >= 11 is 0. The lowest BCUT2D eigenvalue weighted by molar-refractivity contribution is 0.283. The molecule has 0 aromatic carbocycles. The van der Waals surface area contributed by atoms with Crippen molar-refractivity contribution in [3.63, 3.8) is 0 Å². The third-order valence-electron chi connectivity index (χ3n) is 2.20. The molecule has 1 aromatic rings. The third kappa shape index (κ3) is 3.96. The van der Waals surface area contributed by atoms with Gasteiger partial charge in [0.1, 0.15) is 5.82 Å². The Kier molecular flexibility index (Phi) is 4.58. The van der Waals surface area contributed by atoms with E-state index in [1.165, 1.54) is 0 Å². The molecule has 1 aromatic heterocycles. The Morgan fingerprint density at radius 3 is 2.93 bits per heavy atom. The van der Waals surface area contributed by atoms with Gasteiger partial charge in [-0.15, -0.1) is 0 Å². The minimum absolute atomic E-state index is 0.545. The average molecular weight is 204 g/mol. The Morgan fingerprint density at radius 1 is 1.53 bits per heavy atom. The van der Waals surface area contributed by atoms with Gasteiger partial charge in [-0.25, -0.2) is 4.98 Å². The number of nitrogens with two attached hydrogens (primary N) is 1. The molecule has 0 saturated carbocycles. The van der Waals surface area contributed by atoms with Crippen LogP contribution in [0.15, 0.2) is 18.2 Å². The lowest BCUT2D eigenvalue weighted by atomic mass is 10.3. The van der Waals surface area contributed by atoms with Gasteiger partial charge in [-0.05, 0) is 18.7 Å². The number of rotatable bonds is 5. The van der Waals surface area contributed by atoms with Gasteiger partial charge in [-0.3, -0.25) is 4.90 Å². The second-order valence-corrected chi connectivity index (χ2v) is 3.33. The number of pyridine rings is 1. The van der Waals surface area contributed by atoms with E-state index in [1.54, 1.807) is 6.07 Å². The Balaban J connectivity index is 2.55. The van der Waals surface area contributed by atoms with Gasteiger partial charge in [-0.1, -0.05) is 13.0 Å². The molecule has 0 aliphatic rings. The maximum absolute atomic E-state index is 8.51. The normalized spacial score (nSPS) is 10.2. The van der Waals surface area contributed by atoms with Crippen molar-refractivity contribution < 1.29 is 0 Å². The van der Waals surface area contributed by atoms with Crippen LogP contribution in [-0.4, -0.2) is 23.0 Å². The van der Waals surface area contributed by atoms with E-state index in [4.69, 9.17) is 11.0 Å². The summed E-state index contributed by atoms with van der Waals surface area (Å²) in [5, 5.41) is 8.51. The summed E-state index contributed by atoms with van der Waals surface area (Å²) in [7, 11) is 0. The van der Waals surface area contributed by atoms with E-state index in [2.05, 4.69) is 22.9 Å². The highest BCUT2D eigenvalue weighted by Gasteiger charge is 2.04. The fourth-order valence-electron chi connectivity index (χ4n) is 1.37. The third-order valence-corrected chi connectivity index (χ3v) is 2.20. The van der Waals surface area contributed by atoms with Crippen molar-refractivity contribution >= 4 is 5.82 Å². The van der Waals surface area contributed by atoms with Gasteiger partial charge in [0.15, 0.2) is 0 Å². The van der Waals surface area contributed by atoms with E-state index in [-0.39, 0.29) is 0 Å². The summed E-state index contributed by atoms with van der Waals surface area (Å²) in [5.41, 5.74) is 6.55. The first-order chi connectivity index (χ1) is 7.26. The van der Waals surface area contributed by atoms with Crippen molar-refractivity contribution in [2.45, 2.75) is 19.9 Å². The molecule has 4 nitrogen and oxygen atoms in total. The van der Waals surface area contributed by atoms with Crippen molar-refractivity contribution in [3.05, 3.63) is 23.9 Å². The van der Waals surface area contributed by atoms with Gasteiger partial charge >= 0.3 is 0 Å². The first-order valence-electron chi connectivity index (χ1n) is 5.07. The molecule has 1 rings (SSSR count). The summed E-state index contributed by atoms with van der Waals surface area (Å²) in [4.78, 5) is 6.39. The largest absolute Gasteiger partial charge is 0.384 e. The molecular weight excluding hydrogens is 188 g/mol. The molecule has 0 bridgehead atoms. The molecule has 15 heavy (non-hydrogen) atoms. The molecule has 0 unspecified atom stereocenters. The van der Waals surface area contributed by atoms with Crippen LogP contribution in [0.3, 0.4) is 0 Å². The number of nitrogens with zero attached hydrogens (tertiary/aromatic N) is 3. The second-order valence-electron chi connectivity index (χ2n) is 3.33. The van der Waals surface area contributed by atoms with E-state index in [0.717, 1.165) is 25.3 Å². The van der Waals surface area contributed by atoms with E-state index in [9.17, 15) is 0 Å². The topological polar surface area (TPSA) is 65.9 Å². The number of aromatic nitrogens is 1. The number of hydrogen-bond acceptors (Lipinski definition) is 4. The maximum atomic E-state index is 8.51. The highest BCUT2D eigenvalue weighted by Crippen LogP contribution is 2.04. The van der Waals surface area contributed by atoms with Crippen molar-refractivity contribution in [2.24, 2.45) is 0 Å². The van der Waals surface area contributed by atoms with Crippen molar-refractivity contribution in [2.75, 3.05) is 18.8 Å². The van der Waals surface area contributed by atoms with Crippen LogP contribution in [0.25, 0.3) is 0 Å². The molecule has 2 N–H and O–H groups in total. The zero-order chi connectivity index (χ0) is 11.1. The average Bonchev–Trinajstić information content (AvgIpc) is 2.24. The molecule has 0 atom stereocenters. The fourth-order valence-corrected chi connectivity index (χ4v) is 1.37. The highest BCUT2D eigenvalue weighted by molar-refractivity contribution is 5.28. The van der Waals surface area contributed by atoms with Gasteiger partial charge in [0, 0.05) is 19.5 Å². The fraction of sp³-hybridized carbons (Fsp3) is 0.455. The minimum Gasteiger partial charge on any atom is -0.384 e. The lowest BCUT2D eigenvalue weighted by Crippen LogP contribution is -2.24. The molecule has 4 heteroatoms. The van der Waals surface area contributed by atoms with Gasteiger partial charge in [0.2, 0.25) is 0 Å². The molecule has 0 spiro atoms. The van der Waals surface area contributed by atoms with Crippen LogP contribution in [0.4, 0.5) is 5.82 Å². The zero-order valence-electron chi connectivity index (χ0n) is 8.98. The number of nitriles is 1. The molecule has 0 radical (unpaired) electrons. The van der Waals surface area contributed by atoms with Crippen molar-refractivity contribution in [3.8, 4) is 6.07 Å². The van der Waals surface area contributed by atoms with E-state index < -0.39 is 0 Å². The van der Waals surface area contributed by atoms with Crippen LogP contribution < -0.4 is 5.73 Å². The van der Waals surface area contributed by atoms with Gasteiger partial charge in [0.05, 0.1) is 11.8 Å². The van der Waals surface area contributed by atoms with Crippen molar-refractivity contribution in [1.29, 1.82) is 5.26 Å². The van der Waals surface area contributed by atoms with E-state index in [0.29, 0.717) is 12.2 Å². The Morgan fingerprint density at radius 2 is 2.33 bits per heavy atom. The van der Waals surface area contributed by atoms with Crippen LogP contribution in [0.1, 0.15) is 19.0 Å². The zero-order valence-corrected chi connectivity index (χ0v) is 8.98. The summed E-state index contributed by atoms with van der Waals surface area (Å²) < 4.78 is 0. The van der Waals surface area contributed by atoms with Crippen molar-refractivity contribution in [1.82, 2.24) is 9.88 Å². The highest BCUT2D eigenvalue weighted by atomic mass is 15.1. The molecular formula is C11H16N4. The number of anilines is 1. The molecule has 0 fully saturated rings. The Bertz CT molecular complexity index is 343. The summed E-state index contributed by atoms with van der Waals surface area (Å²) in [6.45, 7) is 4.52. The van der Waals surface area contributed by atoms with Crippen LogP contribution in [0.5, 0.6) is 0 Å². The SMILES string of the molecule is CCN(CCC#N)Cc1cccc(N)n1. The van der Waals surface area contributed by atoms with Crippen LogP contribution >= 0.6 is 0 Å². The second kappa shape index (κ2) is 5.99. The first-order valence-corrected chi connectivity index (χ1v) is 5.07. The smallest absolute Gasteiger partial charge is 0.123 e. The van der Waals surface area contributed by atoms with Gasteiger partial charge in [0.25, 0.3) is 0 Å². The summed E-state index contributed by atoms with van der Waals surface area (Å²) in [6.07, 6.45) is 0.552. The van der Waals surface area contributed by atoms with Crippen LogP contribution in [0.2, 0.25) is 0 Å². The predicted molar refractivity (Wildman–Crippen MR) is 59.8 cm³/mol. The maximum Gasteiger partial charge on any atom is 0.123 e. The molecule has 80 valence electrons. The molecule has 0 aliphatic carbocycles. The monoisotopic (exact) mass is 204 g/mol. The summed E-state index contributed by atoms with van der Waals surface area (Å²) in [5.74, 6) is 0.545. The standard InChI is InChI=1S/C11H16N4/c1-2-15(8-4-7-12)9-10-5-3-6-11(13)14-10/h3,5-6H,2,4,8-9H2,1H3,(H2,13,14). The quantitative estimate of drug-likeness (QED) is 0.787. The Hall–Kier alpha value is -1.60. The molecule has 0 aliphatic heterocycles. The van der Waals surface area contributed by atoms with Gasteiger partial charge < -0.3 is 5.73 Å². The van der Waals surface area contributed by atoms with Gasteiger partial charge in [-0.2, -0.15) is 5.26 Å². The molecule has 0 saturated heterocycles. The minimum atomic E-state index is 0.545. The van der Waals surface area contributed by atoms with Crippen LogP contribution in [0, 0.1) is 11.3 Å². The van der Waals surface area contributed by atoms with E-state index >= 15 is 0 Å². The molecule has 0 amide bonds. The Labute approximate surface area is 90.3 Å². The molecule has 1 heterocycles. The summed E-state index contributed by atoms with van der Waals surface area (Å²) in [6, 6.07) is 7.76.